The first-order chi connectivity index (χ1) is 15.6. The molecule has 32 heavy (non-hydrogen) atoms. The Morgan fingerprint density at radius 1 is 0.562 bits per heavy atom. The molecule has 0 fully saturated rings. The summed E-state index contributed by atoms with van der Waals surface area (Å²) in [6, 6.07) is 13.3. The molecule has 2 heterocycles. The molecule has 2 aromatic heterocycles. The van der Waals surface area contributed by atoms with Crippen molar-refractivity contribution in [1.82, 2.24) is 9.97 Å². The lowest BCUT2D eigenvalue weighted by molar-refractivity contribution is -0.651. The Kier molecular flexibility index (Phi) is 7.29. The summed E-state index contributed by atoms with van der Waals surface area (Å²) < 4.78 is 4.59. The molecule has 0 aliphatic rings. The molecule has 4 nitrogen and oxygen atoms in total. The highest BCUT2D eigenvalue weighted by molar-refractivity contribution is 5.75. The van der Waals surface area contributed by atoms with Gasteiger partial charge in [-0.2, -0.15) is 0 Å². The van der Waals surface area contributed by atoms with Gasteiger partial charge in [0.15, 0.2) is 22.1 Å². The summed E-state index contributed by atoms with van der Waals surface area (Å²) in [5.74, 6) is 2.45. The molecule has 4 rings (SSSR count). The zero-order chi connectivity index (χ0) is 22.5. The lowest BCUT2D eigenvalue weighted by Crippen LogP contribution is -2.30. The average Bonchev–Trinajstić information content (AvgIpc) is 3.25. The van der Waals surface area contributed by atoms with E-state index in [9.17, 15) is 0 Å². The van der Waals surface area contributed by atoms with E-state index in [2.05, 4.69) is 83.4 Å². The van der Waals surface area contributed by atoms with Gasteiger partial charge in [-0.3, -0.25) is 0 Å². The molecule has 0 bridgehead atoms. The minimum atomic E-state index is 1.18. The third kappa shape index (κ3) is 4.90. The van der Waals surface area contributed by atoms with E-state index >= 15 is 0 Å². The summed E-state index contributed by atoms with van der Waals surface area (Å²) in [4.78, 5) is 6.97. The zero-order valence-electron chi connectivity index (χ0n) is 20.4. The number of aryl methyl sites for hydroxylation is 6. The number of aromatic amines is 2. The van der Waals surface area contributed by atoms with Crippen LogP contribution in [-0.4, -0.2) is 9.97 Å². The molecule has 2 aromatic carbocycles. The molecular formula is C28H40N4+2. The molecule has 0 unspecified atom stereocenters. The molecule has 0 spiro atoms. The van der Waals surface area contributed by atoms with Crippen LogP contribution in [0.4, 0.5) is 0 Å². The number of nitrogens with zero attached hydrogens (tertiary/aromatic N) is 2. The van der Waals surface area contributed by atoms with Gasteiger partial charge >= 0.3 is 0 Å². The van der Waals surface area contributed by atoms with E-state index < -0.39 is 0 Å². The number of hydrogen-bond acceptors (Lipinski definition) is 0. The molecule has 0 aliphatic carbocycles. The van der Waals surface area contributed by atoms with E-state index in [4.69, 9.17) is 0 Å². The molecule has 0 radical (unpaired) electrons. The van der Waals surface area contributed by atoms with Gasteiger partial charge in [0.25, 0.3) is 11.6 Å². The fraction of sp³-hybridized carbons (Fsp3) is 0.500. The van der Waals surface area contributed by atoms with Crippen LogP contribution in [0.5, 0.6) is 0 Å². The van der Waals surface area contributed by atoms with Gasteiger partial charge in [-0.05, 0) is 37.8 Å². The number of aromatic nitrogens is 4. The highest BCUT2D eigenvalue weighted by Crippen LogP contribution is 2.19. The normalized spacial score (nSPS) is 11.8. The van der Waals surface area contributed by atoms with Crippen LogP contribution in [0, 0.1) is 13.8 Å². The minimum absolute atomic E-state index is 1.18. The molecule has 2 N–H and O–H groups in total. The summed E-state index contributed by atoms with van der Waals surface area (Å²) in [6.45, 7) is 4.29. The van der Waals surface area contributed by atoms with Crippen LogP contribution >= 0.6 is 0 Å². The second-order valence-corrected chi connectivity index (χ2v) is 9.49. The molecular weight excluding hydrogens is 392 g/mol. The third-order valence-corrected chi connectivity index (χ3v) is 7.19. The van der Waals surface area contributed by atoms with Gasteiger partial charge in [-0.1, -0.05) is 62.8 Å². The number of H-pyrrole nitrogens is 2. The number of benzene rings is 2. The maximum atomic E-state index is 3.49. The summed E-state index contributed by atoms with van der Waals surface area (Å²) in [5.41, 5.74) is 8.25. The molecule has 4 heteroatoms. The number of unbranched alkanes of at least 4 members (excludes halogenated alkanes) is 7. The molecule has 0 saturated heterocycles. The highest BCUT2D eigenvalue weighted by Gasteiger charge is 2.15. The van der Waals surface area contributed by atoms with Crippen molar-refractivity contribution in [2.24, 2.45) is 14.1 Å². The van der Waals surface area contributed by atoms with Crippen LogP contribution in [0.1, 0.15) is 74.1 Å². The van der Waals surface area contributed by atoms with E-state index in [1.54, 1.807) is 0 Å². The first-order valence-electron chi connectivity index (χ1n) is 12.5. The largest absolute Gasteiger partial charge is 0.251 e. The van der Waals surface area contributed by atoms with Crippen molar-refractivity contribution in [2.75, 3.05) is 0 Å². The average molecular weight is 433 g/mol. The van der Waals surface area contributed by atoms with Gasteiger partial charge < -0.3 is 0 Å². The number of rotatable bonds is 11. The van der Waals surface area contributed by atoms with Gasteiger partial charge in [0.1, 0.15) is 0 Å². The number of para-hydroxylation sites is 2. The van der Waals surface area contributed by atoms with E-state index in [1.807, 2.05) is 0 Å². The Morgan fingerprint density at radius 2 is 0.938 bits per heavy atom. The highest BCUT2D eigenvalue weighted by atomic mass is 15.1. The van der Waals surface area contributed by atoms with Crippen molar-refractivity contribution in [1.29, 1.82) is 0 Å². The van der Waals surface area contributed by atoms with E-state index in [0.29, 0.717) is 0 Å². The number of hydrogen-bond donors (Lipinski definition) is 2. The second kappa shape index (κ2) is 10.3. The van der Waals surface area contributed by atoms with Crippen LogP contribution in [-0.2, 0) is 26.9 Å². The predicted molar refractivity (Wildman–Crippen MR) is 133 cm³/mol. The van der Waals surface area contributed by atoms with Crippen LogP contribution in [0.3, 0.4) is 0 Å². The lowest BCUT2D eigenvalue weighted by Gasteiger charge is -2.05. The van der Waals surface area contributed by atoms with Gasteiger partial charge in [-0.25, -0.2) is 19.1 Å². The molecule has 0 saturated carbocycles. The monoisotopic (exact) mass is 432 g/mol. The summed E-state index contributed by atoms with van der Waals surface area (Å²) >= 11 is 0. The molecule has 4 aromatic rings. The number of nitrogens with one attached hydrogen (secondary N) is 2. The van der Waals surface area contributed by atoms with Crippen LogP contribution in [0.2, 0.25) is 0 Å². The molecule has 170 valence electrons. The Hall–Kier alpha value is -2.62. The van der Waals surface area contributed by atoms with Crippen LogP contribution in [0.15, 0.2) is 36.4 Å². The lowest BCUT2D eigenvalue weighted by atomic mass is 10.0. The minimum Gasteiger partial charge on any atom is -0.241 e. The van der Waals surface area contributed by atoms with Crippen molar-refractivity contribution in [3.8, 4) is 0 Å². The van der Waals surface area contributed by atoms with Gasteiger partial charge in [0.05, 0.1) is 14.1 Å². The predicted octanol–water partition coefficient (Wildman–Crippen LogP) is 5.82. The fourth-order valence-corrected chi connectivity index (χ4v) is 5.16. The Bertz CT molecular complexity index is 1090. The number of fused-ring (bicyclic) bond motifs is 2. The Morgan fingerprint density at radius 3 is 1.34 bits per heavy atom. The van der Waals surface area contributed by atoms with E-state index in [1.165, 1.54) is 109 Å². The van der Waals surface area contributed by atoms with Crippen molar-refractivity contribution in [3.05, 3.63) is 59.2 Å². The maximum Gasteiger partial charge on any atom is 0.251 e. The number of imidazole rings is 2. The van der Waals surface area contributed by atoms with E-state index in [-0.39, 0.29) is 0 Å². The van der Waals surface area contributed by atoms with Gasteiger partial charge in [0, 0.05) is 25.0 Å². The van der Waals surface area contributed by atoms with E-state index in [0.717, 1.165) is 0 Å². The van der Waals surface area contributed by atoms with Crippen molar-refractivity contribution in [3.63, 3.8) is 0 Å². The van der Waals surface area contributed by atoms with Gasteiger partial charge in [0.2, 0.25) is 0 Å². The SMILES string of the molecule is Cc1[nH]c2cccc(CCCCCCCCCCc3cccc4[nH]c(C)[n+](C)c34)c2[n+]1C. The van der Waals surface area contributed by atoms with Crippen molar-refractivity contribution < 1.29 is 9.13 Å². The molecule has 0 amide bonds. The summed E-state index contributed by atoms with van der Waals surface area (Å²) in [7, 11) is 4.33. The Labute approximate surface area is 192 Å². The third-order valence-electron chi connectivity index (χ3n) is 7.19. The first kappa shape index (κ1) is 22.6. The maximum absolute atomic E-state index is 3.49. The standard InChI is InChI=1S/C28H38N4/c1-21-29-25-19-13-17-23(27(25)31(21)3)15-11-9-7-5-6-8-10-12-16-24-18-14-20-26-28(24)32(4)22(2)30-26/h13-14,17-20H,5-12,15-16H2,1-4H3/p+2. The van der Waals surface area contributed by atoms with Crippen LogP contribution < -0.4 is 9.13 Å². The summed E-state index contributed by atoms with van der Waals surface area (Å²) in [5, 5.41) is 0. The van der Waals surface area contributed by atoms with Crippen molar-refractivity contribution >= 4 is 22.1 Å². The topological polar surface area (TPSA) is 39.3 Å². The quantitative estimate of drug-likeness (QED) is 0.221. The summed E-state index contributed by atoms with van der Waals surface area (Å²) in [6.07, 6.45) is 13.1. The zero-order valence-corrected chi connectivity index (χ0v) is 20.4. The molecule has 0 aliphatic heterocycles. The smallest absolute Gasteiger partial charge is 0.241 e. The molecule has 0 atom stereocenters. The fourth-order valence-electron chi connectivity index (χ4n) is 5.16. The van der Waals surface area contributed by atoms with Gasteiger partial charge in [-0.15, -0.1) is 0 Å². The van der Waals surface area contributed by atoms with Crippen LogP contribution in [0.25, 0.3) is 22.1 Å². The first-order valence-corrected chi connectivity index (χ1v) is 12.5. The Balaban J connectivity index is 1.11. The van der Waals surface area contributed by atoms with Crippen molar-refractivity contribution in [2.45, 2.75) is 78.1 Å². The second-order valence-electron chi connectivity index (χ2n) is 9.49.